The van der Waals surface area contributed by atoms with Gasteiger partial charge in [0.1, 0.15) is 0 Å². The minimum atomic E-state index is 0.158. The quantitative estimate of drug-likeness (QED) is 0.818. The van der Waals surface area contributed by atoms with E-state index in [1.54, 1.807) is 0 Å². The Kier molecular flexibility index (Phi) is 6.37. The molecule has 0 aromatic heterocycles. The van der Waals surface area contributed by atoms with E-state index in [2.05, 4.69) is 86.3 Å². The van der Waals surface area contributed by atoms with Gasteiger partial charge in [-0.3, -0.25) is 4.90 Å². The van der Waals surface area contributed by atoms with Gasteiger partial charge in [-0.05, 0) is 23.0 Å². The van der Waals surface area contributed by atoms with Crippen molar-refractivity contribution in [1.29, 1.82) is 0 Å². The van der Waals surface area contributed by atoms with Gasteiger partial charge in [0.25, 0.3) is 0 Å². The van der Waals surface area contributed by atoms with Crippen LogP contribution in [0.4, 0.5) is 0 Å². The lowest BCUT2D eigenvalue weighted by Gasteiger charge is -2.30. The third-order valence-corrected chi connectivity index (χ3v) is 4.37. The fourth-order valence-electron chi connectivity index (χ4n) is 2.65. The molecule has 1 atom stereocenters. The lowest BCUT2D eigenvalue weighted by molar-refractivity contribution is 0.215. The molecule has 0 heterocycles. The summed E-state index contributed by atoms with van der Waals surface area (Å²) in [5.41, 5.74) is 9.23. The summed E-state index contributed by atoms with van der Waals surface area (Å²) in [5.74, 6) is 0. The van der Waals surface area contributed by atoms with Crippen LogP contribution in [-0.4, -0.2) is 17.5 Å². The summed E-state index contributed by atoms with van der Waals surface area (Å²) in [6, 6.07) is 21.6. The Morgan fingerprint density at radius 2 is 1.26 bits per heavy atom. The van der Waals surface area contributed by atoms with Crippen molar-refractivity contribution in [3.63, 3.8) is 0 Å². The number of nitrogens with two attached hydrogens (primary N) is 1. The van der Waals surface area contributed by atoms with E-state index in [-0.39, 0.29) is 11.5 Å². The largest absolute Gasteiger partial charge is 0.327 e. The smallest absolute Gasteiger partial charge is 0.0237 e. The Balaban J connectivity index is 2.02. The van der Waals surface area contributed by atoms with Crippen molar-refractivity contribution in [1.82, 2.24) is 4.90 Å². The van der Waals surface area contributed by atoms with Gasteiger partial charge in [0, 0.05) is 25.7 Å². The maximum atomic E-state index is 6.36. The number of nitrogens with zero attached hydrogens (tertiary/aromatic N) is 1. The van der Waals surface area contributed by atoms with Crippen LogP contribution in [-0.2, 0) is 13.1 Å². The van der Waals surface area contributed by atoms with Gasteiger partial charge >= 0.3 is 0 Å². The Morgan fingerprint density at radius 3 is 1.65 bits per heavy atom. The van der Waals surface area contributed by atoms with Crippen molar-refractivity contribution in [2.45, 2.75) is 46.3 Å². The molecule has 124 valence electrons. The predicted octanol–water partition coefficient (Wildman–Crippen LogP) is 4.45. The van der Waals surface area contributed by atoms with E-state index >= 15 is 0 Å². The predicted molar refractivity (Wildman–Crippen MR) is 99.0 cm³/mol. The number of hydrogen-bond donors (Lipinski definition) is 1. The highest BCUT2D eigenvalue weighted by molar-refractivity contribution is 5.17. The van der Waals surface area contributed by atoms with E-state index in [9.17, 15) is 0 Å². The Labute approximate surface area is 141 Å². The highest BCUT2D eigenvalue weighted by Crippen LogP contribution is 2.21. The van der Waals surface area contributed by atoms with Crippen LogP contribution < -0.4 is 5.73 Å². The maximum Gasteiger partial charge on any atom is 0.0237 e. The van der Waals surface area contributed by atoms with Crippen LogP contribution in [0.1, 0.15) is 38.3 Å². The summed E-state index contributed by atoms with van der Waals surface area (Å²) < 4.78 is 0. The topological polar surface area (TPSA) is 29.3 Å². The van der Waals surface area contributed by atoms with Crippen molar-refractivity contribution in [2.75, 3.05) is 6.54 Å². The molecule has 1 unspecified atom stereocenters. The van der Waals surface area contributed by atoms with Gasteiger partial charge in [0.05, 0.1) is 0 Å². The van der Waals surface area contributed by atoms with Crippen LogP contribution in [0.5, 0.6) is 0 Å². The van der Waals surface area contributed by atoms with Crippen LogP contribution in [0.2, 0.25) is 0 Å². The Hall–Kier alpha value is -1.64. The van der Waals surface area contributed by atoms with Crippen LogP contribution in [0.15, 0.2) is 60.7 Å². The van der Waals surface area contributed by atoms with Gasteiger partial charge in [0.15, 0.2) is 0 Å². The van der Waals surface area contributed by atoms with Crippen LogP contribution in [0.25, 0.3) is 0 Å². The summed E-state index contributed by atoms with van der Waals surface area (Å²) >= 11 is 0. The van der Waals surface area contributed by atoms with Crippen LogP contribution >= 0.6 is 0 Å². The van der Waals surface area contributed by atoms with Crippen molar-refractivity contribution in [3.8, 4) is 0 Å². The van der Waals surface area contributed by atoms with E-state index < -0.39 is 0 Å². The van der Waals surface area contributed by atoms with Gasteiger partial charge in [-0.2, -0.15) is 0 Å². The zero-order valence-corrected chi connectivity index (χ0v) is 14.7. The third-order valence-electron chi connectivity index (χ3n) is 4.37. The highest BCUT2D eigenvalue weighted by atomic mass is 15.1. The fourth-order valence-corrected chi connectivity index (χ4v) is 2.65. The van der Waals surface area contributed by atoms with E-state index in [4.69, 9.17) is 5.73 Å². The molecule has 2 N–H and O–H groups in total. The monoisotopic (exact) mass is 310 g/mol. The molecule has 0 amide bonds. The number of hydrogen-bond acceptors (Lipinski definition) is 2. The van der Waals surface area contributed by atoms with E-state index in [1.807, 2.05) is 0 Å². The summed E-state index contributed by atoms with van der Waals surface area (Å²) in [6.07, 6.45) is 1.02. The summed E-state index contributed by atoms with van der Waals surface area (Å²) in [6.45, 7) is 9.60. The van der Waals surface area contributed by atoms with Crippen LogP contribution in [0.3, 0.4) is 0 Å². The van der Waals surface area contributed by atoms with E-state index in [0.29, 0.717) is 0 Å². The lowest BCUT2D eigenvalue weighted by Crippen LogP contribution is -2.38. The second-order valence-electron chi connectivity index (χ2n) is 7.44. The van der Waals surface area contributed by atoms with Gasteiger partial charge in [-0.25, -0.2) is 0 Å². The molecule has 0 aliphatic carbocycles. The first kappa shape index (κ1) is 17.7. The van der Waals surface area contributed by atoms with Crippen molar-refractivity contribution in [3.05, 3.63) is 71.8 Å². The molecule has 2 nitrogen and oxygen atoms in total. The molecule has 0 spiro atoms. The van der Waals surface area contributed by atoms with E-state index in [0.717, 1.165) is 26.1 Å². The average Bonchev–Trinajstić information content (AvgIpc) is 2.53. The minimum absolute atomic E-state index is 0.158. The Bertz CT molecular complexity index is 516. The minimum Gasteiger partial charge on any atom is -0.327 e. The van der Waals surface area contributed by atoms with Gasteiger partial charge in [-0.1, -0.05) is 81.4 Å². The molecule has 2 aromatic rings. The zero-order chi connectivity index (χ0) is 16.7. The molecule has 0 aliphatic rings. The Morgan fingerprint density at radius 1 is 0.826 bits per heavy atom. The van der Waals surface area contributed by atoms with Crippen molar-refractivity contribution < 1.29 is 0 Å². The molecule has 0 bridgehead atoms. The molecule has 0 aliphatic heterocycles. The fraction of sp³-hybridized carbons (Fsp3) is 0.429. The molecule has 0 radical (unpaired) electrons. The molecule has 2 aromatic carbocycles. The molecule has 0 fully saturated rings. The standard InChI is InChI=1S/C21H30N2/c1-21(2,3)20(22)14-15-23(16-18-10-6-4-7-11-18)17-19-12-8-5-9-13-19/h4-13,20H,14-17,22H2,1-3H3. The molecular formula is C21H30N2. The highest BCUT2D eigenvalue weighted by Gasteiger charge is 2.21. The first-order chi connectivity index (χ1) is 10.9. The summed E-state index contributed by atoms with van der Waals surface area (Å²) in [5, 5.41) is 0. The molecule has 2 heteroatoms. The molecule has 23 heavy (non-hydrogen) atoms. The average molecular weight is 310 g/mol. The zero-order valence-electron chi connectivity index (χ0n) is 14.7. The van der Waals surface area contributed by atoms with Crippen molar-refractivity contribution >= 4 is 0 Å². The summed E-state index contributed by atoms with van der Waals surface area (Å²) in [4.78, 5) is 2.50. The lowest BCUT2D eigenvalue weighted by atomic mass is 9.85. The number of rotatable bonds is 7. The first-order valence-electron chi connectivity index (χ1n) is 8.51. The van der Waals surface area contributed by atoms with Gasteiger partial charge < -0.3 is 5.73 Å². The molecule has 2 rings (SSSR count). The second kappa shape index (κ2) is 8.28. The second-order valence-corrected chi connectivity index (χ2v) is 7.44. The molecular weight excluding hydrogens is 280 g/mol. The SMILES string of the molecule is CC(C)(C)C(N)CCN(Cc1ccccc1)Cc1ccccc1. The number of benzene rings is 2. The third kappa shape index (κ3) is 6.17. The molecule has 0 saturated heterocycles. The summed E-state index contributed by atoms with van der Waals surface area (Å²) in [7, 11) is 0. The first-order valence-corrected chi connectivity index (χ1v) is 8.51. The van der Waals surface area contributed by atoms with Gasteiger partial charge in [-0.15, -0.1) is 0 Å². The maximum absolute atomic E-state index is 6.36. The van der Waals surface area contributed by atoms with E-state index in [1.165, 1.54) is 11.1 Å². The van der Waals surface area contributed by atoms with Crippen LogP contribution in [0, 0.1) is 5.41 Å². The normalized spacial score (nSPS) is 13.3. The van der Waals surface area contributed by atoms with Crippen molar-refractivity contribution in [2.24, 2.45) is 11.1 Å². The van der Waals surface area contributed by atoms with Gasteiger partial charge in [0.2, 0.25) is 0 Å². The molecule has 0 saturated carbocycles.